The Morgan fingerprint density at radius 1 is 0.565 bits per heavy atom. The molecule has 0 bridgehead atoms. The molecule has 0 aromatic carbocycles. The topological polar surface area (TPSA) is 80.3 Å². The van der Waals surface area contributed by atoms with Gasteiger partial charge < -0.3 is 22.8 Å². The molecule has 7 nitrogen and oxygen atoms in total. The lowest BCUT2D eigenvalue weighted by atomic mass is 10.5. The minimum absolute atomic E-state index is 0.284. The Balaban J connectivity index is 4.80. The molecular weight excluding hydrogens is 342 g/mol. The van der Waals surface area contributed by atoms with Crippen LogP contribution in [-0.2, 0) is 32.0 Å². The zero-order valence-corrected chi connectivity index (χ0v) is 17.3. The van der Waals surface area contributed by atoms with Gasteiger partial charge in [0.25, 0.3) is 0 Å². The molecule has 0 unspecified atom stereocenters. The monoisotopic (exact) mass is 374 g/mol. The van der Waals surface area contributed by atoms with Crippen LogP contribution in [0.3, 0.4) is 0 Å². The molecule has 0 spiro atoms. The highest BCUT2D eigenvalue weighted by atomic mass is 31.2. The maximum atomic E-state index is 12.6. The summed E-state index contributed by atoms with van der Waals surface area (Å²) in [5.74, 6) is 0. The lowest BCUT2D eigenvalue weighted by molar-refractivity contribution is 0.0900. The van der Waals surface area contributed by atoms with E-state index in [-0.39, 0.29) is 37.1 Å². The summed E-state index contributed by atoms with van der Waals surface area (Å²) in [5.41, 5.74) is 0. The van der Waals surface area contributed by atoms with E-state index in [1.165, 1.54) is 0 Å². The van der Waals surface area contributed by atoms with Crippen molar-refractivity contribution in [2.75, 3.05) is 12.7 Å². The van der Waals surface area contributed by atoms with Gasteiger partial charge in [0.05, 0.1) is 24.4 Å². The van der Waals surface area contributed by atoms with Crippen molar-refractivity contribution in [1.82, 2.24) is 0 Å². The van der Waals surface area contributed by atoms with Crippen molar-refractivity contribution in [3.63, 3.8) is 0 Å². The van der Waals surface area contributed by atoms with Crippen LogP contribution in [0.4, 0.5) is 0 Å². The van der Waals surface area contributed by atoms with E-state index in [1.54, 1.807) is 55.4 Å². The molecule has 0 amide bonds. The van der Waals surface area contributed by atoms with Gasteiger partial charge in [-0.3, -0.25) is 9.13 Å². The molecule has 9 heteroatoms. The van der Waals surface area contributed by atoms with E-state index in [0.717, 1.165) is 0 Å². The first-order valence-corrected chi connectivity index (χ1v) is 11.3. The summed E-state index contributed by atoms with van der Waals surface area (Å²) in [6.45, 7) is 14.0. The molecule has 0 saturated carbocycles. The predicted octanol–water partition coefficient (Wildman–Crippen LogP) is 5.00. The third-order valence-corrected chi connectivity index (χ3v) is 5.95. The Bertz CT molecular complexity index is 355. The van der Waals surface area contributed by atoms with Crippen molar-refractivity contribution in [2.24, 2.45) is 0 Å². The van der Waals surface area contributed by atoms with Crippen molar-refractivity contribution in [1.29, 1.82) is 0 Å². The van der Waals surface area contributed by atoms with Gasteiger partial charge in [-0.1, -0.05) is 0 Å². The second kappa shape index (κ2) is 10.3. The van der Waals surface area contributed by atoms with Gasteiger partial charge in [-0.05, 0) is 55.4 Å². The Hall–Kier alpha value is 0.260. The molecule has 0 aromatic heterocycles. The number of hydrogen-bond acceptors (Lipinski definition) is 7. The quantitative estimate of drug-likeness (QED) is 0.444. The molecule has 0 aromatic rings. The van der Waals surface area contributed by atoms with Crippen LogP contribution in [0, 0.1) is 0 Å². The van der Waals surface area contributed by atoms with E-state index in [2.05, 4.69) is 0 Å². The standard InChI is InChI=1S/C14H32O7P2/c1-11(2)18-22(15,19-12(3)4)9-17-10-23(16,20-13(5)6)21-14(7)8/h11-14H,9-10H2,1-8H3. The maximum absolute atomic E-state index is 12.6. The van der Waals surface area contributed by atoms with E-state index in [4.69, 9.17) is 22.8 Å². The summed E-state index contributed by atoms with van der Waals surface area (Å²) < 4.78 is 52.0. The average molecular weight is 374 g/mol. The molecule has 0 aliphatic rings. The Morgan fingerprint density at radius 2 is 0.783 bits per heavy atom. The van der Waals surface area contributed by atoms with Crippen molar-refractivity contribution in [2.45, 2.75) is 79.8 Å². The normalized spacial score (nSPS) is 13.7. The van der Waals surface area contributed by atoms with Gasteiger partial charge in [0, 0.05) is 0 Å². The fourth-order valence-electron chi connectivity index (χ4n) is 1.72. The van der Waals surface area contributed by atoms with E-state index >= 15 is 0 Å². The van der Waals surface area contributed by atoms with Gasteiger partial charge in [-0.2, -0.15) is 0 Å². The van der Waals surface area contributed by atoms with E-state index < -0.39 is 15.2 Å². The van der Waals surface area contributed by atoms with Crippen LogP contribution in [0.25, 0.3) is 0 Å². The van der Waals surface area contributed by atoms with E-state index in [1.807, 2.05) is 0 Å². The summed E-state index contributed by atoms with van der Waals surface area (Å²) in [4.78, 5) is 0. The molecule has 0 radical (unpaired) electrons. The van der Waals surface area contributed by atoms with Crippen LogP contribution < -0.4 is 0 Å². The van der Waals surface area contributed by atoms with Crippen LogP contribution in [0.15, 0.2) is 0 Å². The molecule has 0 rings (SSSR count). The third kappa shape index (κ3) is 11.4. The first kappa shape index (κ1) is 23.3. The SMILES string of the molecule is CC(C)OP(=O)(COCP(=O)(OC(C)C)OC(C)C)OC(C)C. The maximum Gasteiger partial charge on any atom is 0.356 e. The molecule has 23 heavy (non-hydrogen) atoms. The molecule has 0 heterocycles. The Morgan fingerprint density at radius 3 is 0.957 bits per heavy atom. The smallest absolute Gasteiger partial charge is 0.356 e. The second-order valence-corrected chi connectivity index (χ2v) is 10.1. The van der Waals surface area contributed by atoms with E-state index in [0.29, 0.717) is 0 Å². The predicted molar refractivity (Wildman–Crippen MR) is 90.9 cm³/mol. The van der Waals surface area contributed by atoms with Gasteiger partial charge in [0.1, 0.15) is 12.7 Å². The minimum atomic E-state index is -3.44. The molecule has 0 aliphatic carbocycles. The summed E-state index contributed by atoms with van der Waals surface area (Å²) >= 11 is 0. The summed E-state index contributed by atoms with van der Waals surface area (Å²) in [6.07, 6.45) is -1.75. The van der Waals surface area contributed by atoms with Crippen molar-refractivity contribution in [3.8, 4) is 0 Å². The van der Waals surface area contributed by atoms with Gasteiger partial charge in [-0.25, -0.2) is 0 Å². The Kier molecular flexibility index (Phi) is 10.4. The second-order valence-electron chi connectivity index (χ2n) is 6.30. The zero-order chi connectivity index (χ0) is 18.3. The number of hydrogen-bond donors (Lipinski definition) is 0. The van der Waals surface area contributed by atoms with Crippen LogP contribution >= 0.6 is 15.2 Å². The van der Waals surface area contributed by atoms with Crippen molar-refractivity contribution in [3.05, 3.63) is 0 Å². The lowest BCUT2D eigenvalue weighted by Crippen LogP contribution is -2.15. The first-order chi connectivity index (χ1) is 10.4. The Labute approximate surface area is 140 Å². The summed E-state index contributed by atoms with van der Waals surface area (Å²) in [6, 6.07) is 0. The molecule has 0 fully saturated rings. The van der Waals surface area contributed by atoms with Gasteiger partial charge in [0.15, 0.2) is 0 Å². The minimum Gasteiger partial charge on any atom is -0.356 e. The summed E-state index contributed by atoms with van der Waals surface area (Å²) in [5, 5.41) is 0. The van der Waals surface area contributed by atoms with Crippen LogP contribution in [0.1, 0.15) is 55.4 Å². The largest absolute Gasteiger partial charge is 0.356 e. The molecule has 0 saturated heterocycles. The average Bonchev–Trinajstić information content (AvgIpc) is 2.22. The first-order valence-electron chi connectivity index (χ1n) is 7.87. The van der Waals surface area contributed by atoms with Gasteiger partial charge in [0.2, 0.25) is 0 Å². The van der Waals surface area contributed by atoms with Crippen molar-refractivity contribution < 1.29 is 32.0 Å². The van der Waals surface area contributed by atoms with E-state index in [9.17, 15) is 9.13 Å². The number of rotatable bonds is 12. The highest BCUT2D eigenvalue weighted by Crippen LogP contribution is 2.54. The molecule has 0 N–H and O–H groups in total. The zero-order valence-electron chi connectivity index (χ0n) is 15.5. The van der Waals surface area contributed by atoms with Gasteiger partial charge in [-0.15, -0.1) is 0 Å². The van der Waals surface area contributed by atoms with Crippen LogP contribution in [-0.4, -0.2) is 37.1 Å². The molecule has 140 valence electrons. The number of ether oxygens (including phenoxy) is 1. The highest BCUT2D eigenvalue weighted by Gasteiger charge is 2.32. The molecule has 0 atom stereocenters. The third-order valence-electron chi connectivity index (χ3n) is 1.98. The lowest BCUT2D eigenvalue weighted by Gasteiger charge is -2.25. The fourth-order valence-corrected chi connectivity index (χ4v) is 5.41. The van der Waals surface area contributed by atoms with Crippen molar-refractivity contribution >= 4 is 15.2 Å². The molecular formula is C14H32O7P2. The summed E-state index contributed by atoms with van der Waals surface area (Å²) in [7, 11) is -6.88. The molecule has 0 aliphatic heterocycles. The van der Waals surface area contributed by atoms with Crippen LogP contribution in [0.5, 0.6) is 0 Å². The van der Waals surface area contributed by atoms with Crippen LogP contribution in [0.2, 0.25) is 0 Å². The fraction of sp³-hybridized carbons (Fsp3) is 1.00. The van der Waals surface area contributed by atoms with Gasteiger partial charge >= 0.3 is 15.2 Å². The highest BCUT2D eigenvalue weighted by molar-refractivity contribution is 7.54.